The molecular formula is C11H15BrN4S. The van der Waals surface area contributed by atoms with E-state index in [-0.39, 0.29) is 0 Å². The van der Waals surface area contributed by atoms with E-state index in [2.05, 4.69) is 49.9 Å². The van der Waals surface area contributed by atoms with E-state index in [1.807, 2.05) is 13.2 Å². The number of aromatic nitrogens is 3. The summed E-state index contributed by atoms with van der Waals surface area (Å²) in [6, 6.07) is 2.47. The first-order chi connectivity index (χ1) is 8.19. The van der Waals surface area contributed by atoms with Gasteiger partial charge in [0.1, 0.15) is 0 Å². The van der Waals surface area contributed by atoms with Crippen LogP contribution >= 0.6 is 27.3 Å². The zero-order valence-corrected chi connectivity index (χ0v) is 12.3. The third-order valence-electron chi connectivity index (χ3n) is 2.50. The molecule has 0 aliphatic heterocycles. The monoisotopic (exact) mass is 314 g/mol. The number of hydrogen-bond donors (Lipinski definition) is 1. The summed E-state index contributed by atoms with van der Waals surface area (Å²) in [7, 11) is 1.89. The predicted molar refractivity (Wildman–Crippen MR) is 73.1 cm³/mol. The molecule has 0 saturated heterocycles. The van der Waals surface area contributed by atoms with Gasteiger partial charge in [-0.2, -0.15) is 0 Å². The lowest BCUT2D eigenvalue weighted by Crippen LogP contribution is -2.22. The van der Waals surface area contributed by atoms with Crippen LogP contribution in [0, 0.1) is 0 Å². The highest BCUT2D eigenvalue weighted by atomic mass is 79.9. The van der Waals surface area contributed by atoms with E-state index in [1.54, 1.807) is 16.0 Å². The van der Waals surface area contributed by atoms with Crippen LogP contribution in [-0.2, 0) is 13.5 Å². The van der Waals surface area contributed by atoms with Gasteiger partial charge in [-0.3, -0.25) is 4.68 Å². The highest BCUT2D eigenvalue weighted by molar-refractivity contribution is 9.11. The fourth-order valence-corrected chi connectivity index (χ4v) is 2.99. The number of nitrogens with one attached hydrogen (secondary N) is 1. The van der Waals surface area contributed by atoms with Gasteiger partial charge in [0, 0.05) is 25.7 Å². The van der Waals surface area contributed by atoms with Crippen LogP contribution < -0.4 is 5.32 Å². The third kappa shape index (κ3) is 3.37. The summed E-state index contributed by atoms with van der Waals surface area (Å²) in [6.45, 7) is 3.06. The van der Waals surface area contributed by atoms with Gasteiger partial charge in [-0.05, 0) is 39.5 Å². The molecule has 2 aromatic heterocycles. The molecule has 0 fully saturated rings. The Morgan fingerprint density at radius 2 is 2.41 bits per heavy atom. The molecule has 4 nitrogen and oxygen atoms in total. The SMILES string of the molecule is CCNC(Cc1cn(C)nn1)c1csc(Br)c1. The number of rotatable bonds is 5. The minimum absolute atomic E-state index is 0.305. The molecule has 0 amide bonds. The van der Waals surface area contributed by atoms with E-state index < -0.39 is 0 Å². The van der Waals surface area contributed by atoms with Crippen molar-refractivity contribution in [2.45, 2.75) is 19.4 Å². The smallest absolute Gasteiger partial charge is 0.0845 e. The number of nitrogens with zero attached hydrogens (tertiary/aromatic N) is 3. The average molecular weight is 315 g/mol. The molecule has 6 heteroatoms. The fourth-order valence-electron chi connectivity index (χ4n) is 1.76. The van der Waals surface area contributed by atoms with Crippen molar-refractivity contribution in [3.05, 3.63) is 32.7 Å². The van der Waals surface area contributed by atoms with Gasteiger partial charge < -0.3 is 5.32 Å². The zero-order valence-electron chi connectivity index (χ0n) is 9.85. The number of thiophene rings is 1. The maximum absolute atomic E-state index is 4.13. The first kappa shape index (κ1) is 12.7. The van der Waals surface area contributed by atoms with E-state index in [1.165, 1.54) is 5.56 Å². The molecule has 1 N–H and O–H groups in total. The van der Waals surface area contributed by atoms with Crippen LogP contribution in [0.5, 0.6) is 0 Å². The van der Waals surface area contributed by atoms with Crippen molar-refractivity contribution in [2.75, 3.05) is 6.54 Å². The maximum Gasteiger partial charge on any atom is 0.0845 e. The van der Waals surface area contributed by atoms with Crippen molar-refractivity contribution in [2.24, 2.45) is 7.05 Å². The van der Waals surface area contributed by atoms with Crippen molar-refractivity contribution in [1.82, 2.24) is 20.3 Å². The van der Waals surface area contributed by atoms with Crippen molar-refractivity contribution in [3.8, 4) is 0 Å². The molecule has 2 heterocycles. The Morgan fingerprint density at radius 3 is 2.94 bits per heavy atom. The zero-order chi connectivity index (χ0) is 12.3. The lowest BCUT2D eigenvalue weighted by atomic mass is 10.1. The van der Waals surface area contributed by atoms with Crippen molar-refractivity contribution < 1.29 is 0 Å². The van der Waals surface area contributed by atoms with Crippen molar-refractivity contribution >= 4 is 27.3 Å². The van der Waals surface area contributed by atoms with Gasteiger partial charge >= 0.3 is 0 Å². The second kappa shape index (κ2) is 5.75. The number of aryl methyl sites for hydroxylation is 1. The predicted octanol–water partition coefficient (Wildman–Crippen LogP) is 2.53. The van der Waals surface area contributed by atoms with E-state index in [9.17, 15) is 0 Å². The Balaban J connectivity index is 2.12. The quantitative estimate of drug-likeness (QED) is 0.922. The van der Waals surface area contributed by atoms with Crippen LogP contribution in [0.25, 0.3) is 0 Å². The minimum Gasteiger partial charge on any atom is -0.310 e. The van der Waals surface area contributed by atoms with Crippen LogP contribution in [0.3, 0.4) is 0 Å². The summed E-state index contributed by atoms with van der Waals surface area (Å²) >= 11 is 5.21. The van der Waals surface area contributed by atoms with E-state index >= 15 is 0 Å². The molecular weight excluding hydrogens is 300 g/mol. The summed E-state index contributed by atoms with van der Waals surface area (Å²) in [5, 5.41) is 13.7. The summed E-state index contributed by atoms with van der Waals surface area (Å²) in [5.74, 6) is 0. The summed E-state index contributed by atoms with van der Waals surface area (Å²) in [6.07, 6.45) is 2.83. The first-order valence-corrected chi connectivity index (χ1v) is 7.18. The third-order valence-corrected chi connectivity index (χ3v) is 4.03. The van der Waals surface area contributed by atoms with Crippen LogP contribution in [0.1, 0.15) is 24.2 Å². The highest BCUT2D eigenvalue weighted by Crippen LogP contribution is 2.26. The molecule has 2 aromatic rings. The number of halogens is 1. The van der Waals surface area contributed by atoms with Crippen LogP contribution in [0.15, 0.2) is 21.4 Å². The highest BCUT2D eigenvalue weighted by Gasteiger charge is 2.14. The van der Waals surface area contributed by atoms with Gasteiger partial charge in [-0.25, -0.2) is 0 Å². The molecule has 0 bridgehead atoms. The second-order valence-corrected chi connectivity index (χ2v) is 6.17. The van der Waals surface area contributed by atoms with Gasteiger partial charge in [0.25, 0.3) is 0 Å². The molecule has 17 heavy (non-hydrogen) atoms. The Labute approximate surface area is 113 Å². The molecule has 0 aliphatic rings. The molecule has 0 radical (unpaired) electrons. The molecule has 0 aromatic carbocycles. The van der Waals surface area contributed by atoms with Gasteiger partial charge in [-0.15, -0.1) is 16.4 Å². The second-order valence-electron chi connectivity index (χ2n) is 3.88. The van der Waals surface area contributed by atoms with Gasteiger partial charge in [0.2, 0.25) is 0 Å². The Hall–Kier alpha value is -0.720. The molecule has 0 saturated carbocycles. The first-order valence-electron chi connectivity index (χ1n) is 5.51. The molecule has 1 atom stereocenters. The van der Waals surface area contributed by atoms with Crippen LogP contribution in [0.2, 0.25) is 0 Å². The lowest BCUT2D eigenvalue weighted by Gasteiger charge is -2.15. The lowest BCUT2D eigenvalue weighted by molar-refractivity contribution is 0.545. The summed E-state index contributed by atoms with van der Waals surface area (Å²) in [4.78, 5) is 0. The van der Waals surface area contributed by atoms with Gasteiger partial charge in [0.15, 0.2) is 0 Å². The largest absolute Gasteiger partial charge is 0.310 e. The molecule has 0 spiro atoms. The van der Waals surface area contributed by atoms with E-state index in [4.69, 9.17) is 0 Å². The molecule has 0 aliphatic carbocycles. The Morgan fingerprint density at radius 1 is 1.59 bits per heavy atom. The van der Waals surface area contributed by atoms with Crippen LogP contribution in [0.4, 0.5) is 0 Å². The standard InChI is InChI=1S/C11H15BrN4S/c1-3-13-10(8-4-11(12)17-7-8)5-9-6-16(2)15-14-9/h4,6-7,10,13H,3,5H2,1-2H3. The number of likely N-dealkylation sites (N-methyl/N-ethyl adjacent to an activating group) is 1. The normalized spacial score (nSPS) is 12.9. The summed E-state index contributed by atoms with van der Waals surface area (Å²) < 4.78 is 2.90. The molecule has 2 rings (SSSR count). The summed E-state index contributed by atoms with van der Waals surface area (Å²) in [5.41, 5.74) is 2.31. The Kier molecular flexibility index (Phi) is 4.31. The van der Waals surface area contributed by atoms with Crippen molar-refractivity contribution in [1.29, 1.82) is 0 Å². The average Bonchev–Trinajstić information content (AvgIpc) is 2.87. The fraction of sp³-hybridized carbons (Fsp3) is 0.455. The minimum atomic E-state index is 0.305. The molecule has 92 valence electrons. The molecule has 1 unspecified atom stereocenters. The Bertz CT molecular complexity index is 479. The van der Waals surface area contributed by atoms with Crippen LogP contribution in [-0.4, -0.2) is 21.5 Å². The van der Waals surface area contributed by atoms with Gasteiger partial charge in [0.05, 0.1) is 9.48 Å². The van der Waals surface area contributed by atoms with Crippen molar-refractivity contribution in [3.63, 3.8) is 0 Å². The maximum atomic E-state index is 4.13. The van der Waals surface area contributed by atoms with E-state index in [0.29, 0.717) is 6.04 Å². The number of hydrogen-bond acceptors (Lipinski definition) is 4. The topological polar surface area (TPSA) is 42.7 Å². The van der Waals surface area contributed by atoms with E-state index in [0.717, 1.165) is 22.4 Å². The van der Waals surface area contributed by atoms with Gasteiger partial charge in [-0.1, -0.05) is 12.1 Å².